The molecular weight excluding hydrogens is 467 g/mol. The number of benzene rings is 1. The van der Waals surface area contributed by atoms with Gasteiger partial charge in [0.15, 0.2) is 5.96 Å². The van der Waals surface area contributed by atoms with Crippen LogP contribution in [0.15, 0.2) is 23.2 Å². The zero-order chi connectivity index (χ0) is 19.3. The maximum atomic E-state index is 5.44. The molecule has 6 nitrogen and oxygen atoms in total. The maximum absolute atomic E-state index is 5.44. The third-order valence-corrected chi connectivity index (χ3v) is 5.04. The van der Waals surface area contributed by atoms with Gasteiger partial charge in [-0.25, -0.2) is 0 Å². The molecule has 0 aliphatic carbocycles. The second-order valence-electron chi connectivity index (χ2n) is 6.96. The Bertz CT molecular complexity index is 576. The molecule has 1 saturated heterocycles. The molecule has 28 heavy (non-hydrogen) atoms. The van der Waals surface area contributed by atoms with Crippen LogP contribution in [0.1, 0.15) is 37.7 Å². The number of halogens is 1. The van der Waals surface area contributed by atoms with Crippen LogP contribution in [-0.2, 0) is 6.42 Å². The van der Waals surface area contributed by atoms with Gasteiger partial charge in [0.05, 0.1) is 14.2 Å². The minimum Gasteiger partial charge on any atom is -0.497 e. The summed E-state index contributed by atoms with van der Waals surface area (Å²) in [7, 11) is 5.20. The van der Waals surface area contributed by atoms with E-state index in [0.29, 0.717) is 0 Å². The summed E-state index contributed by atoms with van der Waals surface area (Å²) in [5, 5.41) is 6.80. The number of hydrogen-bond acceptors (Lipinski definition) is 4. The van der Waals surface area contributed by atoms with Crippen LogP contribution in [0.25, 0.3) is 0 Å². The number of methoxy groups -OCH3 is 2. The maximum Gasteiger partial charge on any atom is 0.190 e. The molecule has 7 heteroatoms. The molecule has 2 rings (SSSR count). The van der Waals surface area contributed by atoms with Crippen LogP contribution in [0.5, 0.6) is 11.5 Å². The first-order chi connectivity index (χ1) is 13.3. The van der Waals surface area contributed by atoms with Crippen LogP contribution < -0.4 is 20.1 Å². The Balaban J connectivity index is 0.00000392. The first-order valence-corrected chi connectivity index (χ1v) is 10.1. The minimum atomic E-state index is 0. The number of nitrogens with zero attached hydrogens (tertiary/aromatic N) is 2. The smallest absolute Gasteiger partial charge is 0.190 e. The predicted octanol–water partition coefficient (Wildman–Crippen LogP) is 3.30. The Hall–Kier alpha value is -1.22. The second-order valence-corrected chi connectivity index (χ2v) is 6.96. The van der Waals surface area contributed by atoms with Crippen molar-refractivity contribution in [1.82, 2.24) is 15.5 Å². The predicted molar refractivity (Wildman–Crippen MR) is 128 cm³/mol. The number of rotatable bonds is 9. The molecule has 0 bridgehead atoms. The van der Waals surface area contributed by atoms with Crippen molar-refractivity contribution in [1.29, 1.82) is 0 Å². The Morgan fingerprint density at radius 1 is 1.04 bits per heavy atom. The summed E-state index contributed by atoms with van der Waals surface area (Å²) in [5.41, 5.74) is 1.13. The van der Waals surface area contributed by atoms with E-state index in [1.54, 1.807) is 14.2 Å². The quantitative estimate of drug-likeness (QED) is 0.234. The van der Waals surface area contributed by atoms with Gasteiger partial charge in [0, 0.05) is 20.1 Å². The zero-order valence-corrected chi connectivity index (χ0v) is 20.0. The van der Waals surface area contributed by atoms with Gasteiger partial charge in [-0.1, -0.05) is 12.8 Å². The molecule has 160 valence electrons. The van der Waals surface area contributed by atoms with E-state index in [-0.39, 0.29) is 24.0 Å². The number of aliphatic imine (C=N–C) groups is 1. The van der Waals surface area contributed by atoms with E-state index in [1.807, 2.05) is 25.2 Å². The lowest BCUT2D eigenvalue weighted by molar-refractivity contribution is 0.282. The van der Waals surface area contributed by atoms with Gasteiger partial charge in [-0.3, -0.25) is 4.99 Å². The summed E-state index contributed by atoms with van der Waals surface area (Å²) in [6, 6.07) is 5.89. The van der Waals surface area contributed by atoms with Gasteiger partial charge < -0.3 is 25.0 Å². The highest BCUT2D eigenvalue weighted by Gasteiger charge is 2.08. The van der Waals surface area contributed by atoms with Gasteiger partial charge in [0.1, 0.15) is 11.5 Å². The van der Waals surface area contributed by atoms with Gasteiger partial charge in [-0.05, 0) is 69.1 Å². The van der Waals surface area contributed by atoms with Crippen molar-refractivity contribution in [2.45, 2.75) is 38.5 Å². The Kier molecular flexibility index (Phi) is 13.1. The lowest BCUT2D eigenvalue weighted by Gasteiger charge is -2.20. The molecule has 1 fully saturated rings. The number of ether oxygens (including phenoxy) is 2. The van der Waals surface area contributed by atoms with E-state index in [1.165, 1.54) is 45.3 Å². The number of hydrogen-bond donors (Lipinski definition) is 2. The monoisotopic (exact) mass is 504 g/mol. The highest BCUT2D eigenvalue weighted by Crippen LogP contribution is 2.24. The molecule has 0 unspecified atom stereocenters. The highest BCUT2D eigenvalue weighted by atomic mass is 127. The van der Waals surface area contributed by atoms with Crippen molar-refractivity contribution in [2.75, 3.05) is 54.0 Å². The van der Waals surface area contributed by atoms with E-state index >= 15 is 0 Å². The van der Waals surface area contributed by atoms with Crippen LogP contribution in [0.3, 0.4) is 0 Å². The molecule has 1 aliphatic rings. The van der Waals surface area contributed by atoms with E-state index in [9.17, 15) is 0 Å². The number of guanidine groups is 1. The number of nitrogens with one attached hydrogen (secondary N) is 2. The van der Waals surface area contributed by atoms with Crippen LogP contribution in [-0.4, -0.2) is 64.9 Å². The molecule has 2 N–H and O–H groups in total. The van der Waals surface area contributed by atoms with Crippen molar-refractivity contribution in [3.63, 3.8) is 0 Å². The topological polar surface area (TPSA) is 58.1 Å². The summed E-state index contributed by atoms with van der Waals surface area (Å²) in [5.74, 6) is 2.59. The van der Waals surface area contributed by atoms with Crippen molar-refractivity contribution in [3.05, 3.63) is 23.8 Å². The van der Waals surface area contributed by atoms with Crippen LogP contribution in [0.4, 0.5) is 0 Å². The summed E-state index contributed by atoms with van der Waals surface area (Å²) in [6.45, 7) is 5.42. The van der Waals surface area contributed by atoms with E-state index in [0.717, 1.165) is 49.0 Å². The third-order valence-electron chi connectivity index (χ3n) is 5.04. The van der Waals surface area contributed by atoms with Gasteiger partial charge in [0.25, 0.3) is 0 Å². The van der Waals surface area contributed by atoms with E-state index in [2.05, 4.69) is 20.5 Å². The molecule has 0 amide bonds. The Morgan fingerprint density at radius 3 is 2.39 bits per heavy atom. The molecule has 0 aromatic heterocycles. The van der Waals surface area contributed by atoms with Crippen molar-refractivity contribution in [2.24, 2.45) is 4.99 Å². The van der Waals surface area contributed by atoms with E-state index < -0.39 is 0 Å². The molecule has 0 spiro atoms. The molecular formula is C21H37IN4O2. The van der Waals surface area contributed by atoms with Crippen molar-refractivity contribution >= 4 is 29.9 Å². The zero-order valence-electron chi connectivity index (χ0n) is 17.6. The first kappa shape index (κ1) is 24.8. The van der Waals surface area contributed by atoms with Crippen LogP contribution >= 0.6 is 24.0 Å². The van der Waals surface area contributed by atoms with Gasteiger partial charge in [-0.15, -0.1) is 24.0 Å². The Morgan fingerprint density at radius 2 is 1.75 bits per heavy atom. The largest absolute Gasteiger partial charge is 0.497 e. The van der Waals surface area contributed by atoms with E-state index in [4.69, 9.17) is 9.47 Å². The molecule has 1 aromatic carbocycles. The highest BCUT2D eigenvalue weighted by molar-refractivity contribution is 14.0. The lowest BCUT2D eigenvalue weighted by Crippen LogP contribution is -2.39. The second kappa shape index (κ2) is 14.7. The van der Waals surface area contributed by atoms with Crippen molar-refractivity contribution in [3.8, 4) is 11.5 Å². The van der Waals surface area contributed by atoms with Crippen LogP contribution in [0.2, 0.25) is 0 Å². The minimum absolute atomic E-state index is 0. The molecule has 1 aromatic rings. The average Bonchev–Trinajstić information content (AvgIpc) is 2.98. The molecule has 0 atom stereocenters. The Labute approximate surface area is 187 Å². The molecule has 1 heterocycles. The molecule has 0 radical (unpaired) electrons. The summed E-state index contributed by atoms with van der Waals surface area (Å²) in [4.78, 5) is 6.92. The fourth-order valence-corrected chi connectivity index (χ4v) is 3.48. The first-order valence-electron chi connectivity index (χ1n) is 10.1. The van der Waals surface area contributed by atoms with Crippen LogP contribution in [0, 0.1) is 0 Å². The lowest BCUT2D eigenvalue weighted by atomic mass is 10.1. The third kappa shape index (κ3) is 8.86. The summed E-state index contributed by atoms with van der Waals surface area (Å²) >= 11 is 0. The number of likely N-dealkylation sites (tertiary alicyclic amines) is 1. The van der Waals surface area contributed by atoms with Gasteiger partial charge in [-0.2, -0.15) is 0 Å². The molecule has 0 saturated carbocycles. The average molecular weight is 504 g/mol. The fourth-order valence-electron chi connectivity index (χ4n) is 3.48. The summed E-state index contributed by atoms with van der Waals surface area (Å²) < 4.78 is 10.8. The molecule has 1 aliphatic heterocycles. The van der Waals surface area contributed by atoms with Gasteiger partial charge >= 0.3 is 0 Å². The standard InChI is InChI=1S/C21H36N4O2.HI/c1-22-21(23-12-8-16-25-14-6-4-5-7-15-25)24-13-11-18-17-19(26-2)9-10-20(18)27-3;/h9-10,17H,4-8,11-16H2,1-3H3,(H2,22,23,24);1H. The SMILES string of the molecule is CN=C(NCCCN1CCCCCC1)NCCc1cc(OC)ccc1OC.I. The van der Waals surface area contributed by atoms with Crippen molar-refractivity contribution < 1.29 is 9.47 Å². The normalized spacial score (nSPS) is 15.3. The fraction of sp³-hybridized carbons (Fsp3) is 0.667. The van der Waals surface area contributed by atoms with Gasteiger partial charge in [0.2, 0.25) is 0 Å². The summed E-state index contributed by atoms with van der Waals surface area (Å²) in [6.07, 6.45) is 7.47.